The minimum atomic E-state index is -1.02. The molecule has 2 aliphatic rings. The smallest absolute Gasteiger partial charge is 0.315 e. The van der Waals surface area contributed by atoms with Crippen molar-refractivity contribution in [2.24, 2.45) is 16.2 Å². The summed E-state index contributed by atoms with van der Waals surface area (Å²) in [4.78, 5) is 12.2. The van der Waals surface area contributed by atoms with E-state index < -0.39 is 28.5 Å². The summed E-state index contributed by atoms with van der Waals surface area (Å²) in [7, 11) is 0. The van der Waals surface area contributed by atoms with Gasteiger partial charge in [-0.2, -0.15) is 0 Å². The van der Waals surface area contributed by atoms with Crippen LogP contribution in [0, 0.1) is 16.2 Å². The van der Waals surface area contributed by atoms with Crippen LogP contribution in [0.2, 0.25) is 0 Å². The maximum absolute atomic E-state index is 12.2. The second-order valence-electron chi connectivity index (χ2n) is 6.12. The van der Waals surface area contributed by atoms with Crippen molar-refractivity contribution in [3.8, 4) is 0 Å². The predicted molar refractivity (Wildman–Crippen MR) is 62.2 cm³/mol. The van der Waals surface area contributed by atoms with Crippen LogP contribution in [0.3, 0.4) is 0 Å². The molecule has 0 aromatic heterocycles. The highest BCUT2D eigenvalue weighted by molar-refractivity contribution is 5.81. The molecule has 0 spiro atoms. The summed E-state index contributed by atoms with van der Waals surface area (Å²) in [5.74, 6) is -0.363. The number of esters is 1. The van der Waals surface area contributed by atoms with Crippen molar-refractivity contribution >= 4 is 5.97 Å². The van der Waals surface area contributed by atoms with Crippen molar-refractivity contribution in [1.29, 1.82) is 0 Å². The number of hydrogen-bond donors (Lipinski definition) is 2. The van der Waals surface area contributed by atoms with Gasteiger partial charge in [-0.3, -0.25) is 4.79 Å². The maximum Gasteiger partial charge on any atom is 0.315 e. The summed E-state index contributed by atoms with van der Waals surface area (Å²) in [6, 6.07) is 0. The molecule has 17 heavy (non-hydrogen) atoms. The maximum atomic E-state index is 12.2. The summed E-state index contributed by atoms with van der Waals surface area (Å²) in [5.41, 5.74) is -1.82. The van der Waals surface area contributed by atoms with Crippen LogP contribution in [0.25, 0.3) is 0 Å². The normalized spacial score (nSPS) is 47.2. The minimum Gasteiger partial charge on any atom is -0.465 e. The van der Waals surface area contributed by atoms with E-state index in [1.165, 1.54) is 0 Å². The zero-order chi connectivity index (χ0) is 13.1. The molecule has 0 aromatic carbocycles. The van der Waals surface area contributed by atoms with Gasteiger partial charge in [-0.25, -0.2) is 0 Å². The molecule has 0 aliphatic heterocycles. The van der Waals surface area contributed by atoms with Crippen LogP contribution in [0.5, 0.6) is 0 Å². The van der Waals surface area contributed by atoms with Crippen molar-refractivity contribution in [2.45, 2.75) is 52.7 Å². The van der Waals surface area contributed by atoms with E-state index in [9.17, 15) is 15.0 Å². The van der Waals surface area contributed by atoms with Gasteiger partial charge in [-0.05, 0) is 25.2 Å². The average Bonchev–Trinajstić information content (AvgIpc) is 2.52. The quantitative estimate of drug-likeness (QED) is 0.712. The van der Waals surface area contributed by atoms with Crippen molar-refractivity contribution < 1.29 is 19.7 Å². The van der Waals surface area contributed by atoms with Gasteiger partial charge in [0.15, 0.2) is 0 Å². The Labute approximate surface area is 102 Å². The van der Waals surface area contributed by atoms with Crippen LogP contribution in [-0.4, -0.2) is 35.0 Å². The zero-order valence-corrected chi connectivity index (χ0v) is 11.0. The standard InChI is InChI=1S/C13H22O4/c1-5-17-10(16)13-7-6-12(4,11(13,2)3)8(14)9(13)15/h8-9,14-15H,5-7H2,1-4H3/t8-,9-,12+,13-/m1/s1. The summed E-state index contributed by atoms with van der Waals surface area (Å²) >= 11 is 0. The van der Waals surface area contributed by atoms with Gasteiger partial charge in [0.2, 0.25) is 0 Å². The number of rotatable bonds is 2. The Balaban J connectivity index is 2.50. The topological polar surface area (TPSA) is 66.8 Å². The Morgan fingerprint density at radius 3 is 2.24 bits per heavy atom. The molecule has 4 nitrogen and oxygen atoms in total. The molecule has 0 unspecified atom stereocenters. The minimum absolute atomic E-state index is 0.302. The van der Waals surface area contributed by atoms with Crippen LogP contribution in [0.1, 0.15) is 40.5 Å². The monoisotopic (exact) mass is 242 g/mol. The molecule has 2 fully saturated rings. The largest absolute Gasteiger partial charge is 0.465 e. The zero-order valence-electron chi connectivity index (χ0n) is 11.0. The molecule has 98 valence electrons. The molecule has 2 aliphatic carbocycles. The SMILES string of the molecule is CCOC(=O)[C@@]12CC[C@@](C)([C@H](O)[C@H]1O)C2(C)C. The Kier molecular flexibility index (Phi) is 2.61. The van der Waals surface area contributed by atoms with Gasteiger partial charge in [-0.15, -0.1) is 0 Å². The number of carbonyl (C=O) groups is 1. The van der Waals surface area contributed by atoms with Crippen LogP contribution in [0.4, 0.5) is 0 Å². The highest BCUT2D eigenvalue weighted by Crippen LogP contribution is 2.72. The number of hydrogen-bond acceptors (Lipinski definition) is 4. The Hall–Kier alpha value is -0.610. The van der Waals surface area contributed by atoms with Crippen molar-refractivity contribution in [2.75, 3.05) is 6.61 Å². The Morgan fingerprint density at radius 1 is 1.24 bits per heavy atom. The van der Waals surface area contributed by atoms with Crippen molar-refractivity contribution in [1.82, 2.24) is 0 Å². The van der Waals surface area contributed by atoms with E-state index in [1.807, 2.05) is 20.8 Å². The molecule has 0 aromatic rings. The fraction of sp³-hybridized carbons (Fsp3) is 0.923. The lowest BCUT2D eigenvalue weighted by Gasteiger charge is -2.39. The van der Waals surface area contributed by atoms with Crippen LogP contribution in [-0.2, 0) is 9.53 Å². The molecule has 2 saturated carbocycles. The number of ether oxygens (including phenoxy) is 1. The first kappa shape index (κ1) is 12.8. The molecule has 0 saturated heterocycles. The molecule has 2 rings (SSSR count). The second kappa shape index (κ2) is 3.45. The summed E-state index contributed by atoms with van der Waals surface area (Å²) < 4.78 is 5.14. The molecule has 0 heterocycles. The fourth-order valence-corrected chi connectivity index (χ4v) is 3.98. The lowest BCUT2D eigenvalue weighted by molar-refractivity contribution is -0.171. The number of aliphatic hydroxyl groups is 2. The summed E-state index contributed by atoms with van der Waals surface area (Å²) in [5, 5.41) is 20.5. The average molecular weight is 242 g/mol. The van der Waals surface area contributed by atoms with Gasteiger partial charge < -0.3 is 14.9 Å². The lowest BCUT2D eigenvalue weighted by atomic mass is 9.64. The highest BCUT2D eigenvalue weighted by Gasteiger charge is 2.77. The van der Waals surface area contributed by atoms with Gasteiger partial charge in [0.25, 0.3) is 0 Å². The van der Waals surface area contributed by atoms with Crippen LogP contribution >= 0.6 is 0 Å². The van der Waals surface area contributed by atoms with Gasteiger partial charge in [-0.1, -0.05) is 20.8 Å². The van der Waals surface area contributed by atoms with E-state index in [0.717, 1.165) is 6.42 Å². The Bertz CT molecular complexity index is 351. The van der Waals surface area contributed by atoms with E-state index in [4.69, 9.17) is 4.74 Å². The van der Waals surface area contributed by atoms with Gasteiger partial charge in [0.1, 0.15) is 5.41 Å². The molecule has 0 radical (unpaired) electrons. The third-order valence-electron chi connectivity index (χ3n) is 5.68. The highest BCUT2D eigenvalue weighted by atomic mass is 16.5. The van der Waals surface area contributed by atoms with Crippen LogP contribution < -0.4 is 0 Å². The summed E-state index contributed by atoms with van der Waals surface area (Å²) in [6.45, 7) is 7.92. The van der Waals surface area contributed by atoms with Crippen molar-refractivity contribution in [3.63, 3.8) is 0 Å². The molecule has 0 amide bonds. The van der Waals surface area contributed by atoms with Crippen molar-refractivity contribution in [3.05, 3.63) is 0 Å². The third-order valence-corrected chi connectivity index (χ3v) is 5.68. The number of aliphatic hydroxyl groups excluding tert-OH is 2. The van der Waals surface area contributed by atoms with Gasteiger partial charge in [0.05, 0.1) is 18.8 Å². The first-order valence-corrected chi connectivity index (χ1v) is 6.29. The number of fused-ring (bicyclic) bond motifs is 2. The third kappa shape index (κ3) is 1.13. The second-order valence-corrected chi connectivity index (χ2v) is 6.12. The number of carbonyl (C=O) groups excluding carboxylic acids is 1. The molecule has 2 bridgehead atoms. The van der Waals surface area contributed by atoms with E-state index in [-0.39, 0.29) is 5.97 Å². The van der Waals surface area contributed by atoms with E-state index in [0.29, 0.717) is 13.0 Å². The predicted octanol–water partition coefficient (Wildman–Crippen LogP) is 1.10. The Morgan fingerprint density at radius 2 is 1.82 bits per heavy atom. The van der Waals surface area contributed by atoms with Gasteiger partial charge >= 0.3 is 5.97 Å². The molecule has 2 N–H and O–H groups in total. The first-order chi connectivity index (χ1) is 7.75. The fourth-order valence-electron chi connectivity index (χ4n) is 3.98. The molecule has 4 atom stereocenters. The molecule has 4 heteroatoms. The van der Waals surface area contributed by atoms with Crippen LogP contribution in [0.15, 0.2) is 0 Å². The molecular weight excluding hydrogens is 220 g/mol. The molecular formula is C13H22O4. The van der Waals surface area contributed by atoms with E-state index >= 15 is 0 Å². The van der Waals surface area contributed by atoms with E-state index in [2.05, 4.69) is 0 Å². The lowest BCUT2D eigenvalue weighted by Crippen LogP contribution is -2.49. The van der Waals surface area contributed by atoms with Gasteiger partial charge in [0, 0.05) is 5.41 Å². The van der Waals surface area contributed by atoms with E-state index in [1.54, 1.807) is 6.92 Å². The summed E-state index contributed by atoms with van der Waals surface area (Å²) in [6.07, 6.45) is -0.532. The first-order valence-electron chi connectivity index (χ1n) is 6.29.